The van der Waals surface area contributed by atoms with Crippen LogP contribution in [-0.4, -0.2) is 29.9 Å². The molecule has 1 amide bonds. The van der Waals surface area contributed by atoms with Gasteiger partial charge in [0.15, 0.2) is 0 Å². The Balaban J connectivity index is 2.04. The molecule has 3 nitrogen and oxygen atoms in total. The Labute approximate surface area is 79.3 Å². The summed E-state index contributed by atoms with van der Waals surface area (Å²) in [5.74, 6) is 1.48. The quantitative estimate of drug-likeness (QED) is 0.596. The molecule has 2 N–H and O–H groups in total. The largest absolute Gasteiger partial charge is 0.342 e. The summed E-state index contributed by atoms with van der Waals surface area (Å²) in [6.07, 6.45) is 3.66. The molecule has 1 aliphatic heterocycles. The maximum Gasteiger partial charge on any atom is 0.219 e. The van der Waals surface area contributed by atoms with E-state index >= 15 is 0 Å². The molecule has 0 aromatic rings. The van der Waals surface area contributed by atoms with Crippen molar-refractivity contribution in [3.63, 3.8) is 0 Å². The molecule has 2 rings (SSSR count). The van der Waals surface area contributed by atoms with E-state index in [1.165, 1.54) is 12.8 Å². The number of carbonyl (C=O) groups is 1. The molecule has 0 radical (unpaired) electrons. The van der Waals surface area contributed by atoms with E-state index < -0.39 is 0 Å². The van der Waals surface area contributed by atoms with Gasteiger partial charge in [0.1, 0.15) is 0 Å². The molecule has 13 heavy (non-hydrogen) atoms. The highest BCUT2D eigenvalue weighted by Gasteiger charge is 2.39. The first-order chi connectivity index (χ1) is 6.18. The third kappa shape index (κ3) is 1.57. The van der Waals surface area contributed by atoms with Crippen LogP contribution in [0.15, 0.2) is 0 Å². The van der Waals surface area contributed by atoms with Crippen LogP contribution >= 0.6 is 0 Å². The van der Waals surface area contributed by atoms with Crippen LogP contribution in [0.5, 0.6) is 0 Å². The third-order valence-corrected chi connectivity index (χ3v) is 3.60. The average molecular weight is 182 g/mol. The number of nitrogens with two attached hydrogens (primary N) is 1. The van der Waals surface area contributed by atoms with Crippen LogP contribution in [0.25, 0.3) is 0 Å². The van der Waals surface area contributed by atoms with Crippen molar-refractivity contribution in [1.29, 1.82) is 0 Å². The van der Waals surface area contributed by atoms with Crippen molar-refractivity contribution in [1.82, 2.24) is 4.90 Å². The molecule has 3 heteroatoms. The van der Waals surface area contributed by atoms with Gasteiger partial charge in [0.05, 0.1) is 0 Å². The predicted octanol–water partition coefficient (Wildman–Crippen LogP) is 0.592. The molecule has 3 unspecified atom stereocenters. The molecular weight excluding hydrogens is 164 g/mol. The molecule has 0 bridgehead atoms. The van der Waals surface area contributed by atoms with Gasteiger partial charge < -0.3 is 10.6 Å². The van der Waals surface area contributed by atoms with Gasteiger partial charge in [0.25, 0.3) is 0 Å². The Bertz CT molecular complexity index is 217. The first-order valence-electron chi connectivity index (χ1n) is 5.19. The molecule has 3 atom stereocenters. The fourth-order valence-corrected chi connectivity index (χ4v) is 2.77. The summed E-state index contributed by atoms with van der Waals surface area (Å²) in [5, 5.41) is 0. The first kappa shape index (κ1) is 9.00. The number of carbonyl (C=O) groups excluding carboxylic acids is 1. The van der Waals surface area contributed by atoms with Gasteiger partial charge in [-0.15, -0.1) is 0 Å². The van der Waals surface area contributed by atoms with Crippen molar-refractivity contribution in [2.75, 3.05) is 13.1 Å². The molecule has 0 spiro atoms. The van der Waals surface area contributed by atoms with Crippen LogP contribution in [0.2, 0.25) is 0 Å². The second-order valence-corrected chi connectivity index (χ2v) is 4.44. The molecule has 2 aliphatic rings. The van der Waals surface area contributed by atoms with Gasteiger partial charge in [-0.05, 0) is 24.7 Å². The number of hydrogen-bond acceptors (Lipinski definition) is 2. The van der Waals surface area contributed by atoms with E-state index in [1.807, 2.05) is 4.90 Å². The number of likely N-dealkylation sites (tertiary alicyclic amines) is 1. The molecule has 2 fully saturated rings. The molecule has 74 valence electrons. The number of fused-ring (bicyclic) bond motifs is 1. The summed E-state index contributed by atoms with van der Waals surface area (Å²) >= 11 is 0. The summed E-state index contributed by atoms with van der Waals surface area (Å²) in [6, 6.07) is 0.336. The van der Waals surface area contributed by atoms with E-state index in [9.17, 15) is 4.79 Å². The maximum atomic E-state index is 11.2. The predicted molar refractivity (Wildman–Crippen MR) is 51.1 cm³/mol. The monoisotopic (exact) mass is 182 g/mol. The fourth-order valence-electron chi connectivity index (χ4n) is 2.77. The van der Waals surface area contributed by atoms with Gasteiger partial charge in [0, 0.05) is 26.1 Å². The number of nitrogens with zero attached hydrogens (tertiary/aromatic N) is 1. The lowest BCUT2D eigenvalue weighted by Gasteiger charge is -2.29. The van der Waals surface area contributed by atoms with Crippen molar-refractivity contribution >= 4 is 5.91 Å². The average Bonchev–Trinajstić information content (AvgIpc) is 2.49. The minimum Gasteiger partial charge on any atom is -0.342 e. The zero-order chi connectivity index (χ0) is 9.42. The van der Waals surface area contributed by atoms with Crippen molar-refractivity contribution in [2.24, 2.45) is 17.6 Å². The number of hydrogen-bond donors (Lipinski definition) is 1. The molecule has 1 saturated carbocycles. The van der Waals surface area contributed by atoms with Crippen LogP contribution in [0.1, 0.15) is 26.2 Å². The van der Waals surface area contributed by atoms with Crippen LogP contribution in [0.4, 0.5) is 0 Å². The Morgan fingerprint density at radius 2 is 2.15 bits per heavy atom. The van der Waals surface area contributed by atoms with Crippen LogP contribution in [0.3, 0.4) is 0 Å². The normalized spacial score (nSPS) is 38.9. The van der Waals surface area contributed by atoms with E-state index in [1.54, 1.807) is 6.92 Å². The van der Waals surface area contributed by atoms with Crippen molar-refractivity contribution < 1.29 is 4.79 Å². The van der Waals surface area contributed by atoms with Crippen LogP contribution in [0, 0.1) is 11.8 Å². The Hall–Kier alpha value is -0.570. The van der Waals surface area contributed by atoms with Gasteiger partial charge in [0.2, 0.25) is 5.91 Å². The van der Waals surface area contributed by atoms with Crippen molar-refractivity contribution in [3.8, 4) is 0 Å². The van der Waals surface area contributed by atoms with E-state index in [2.05, 4.69) is 0 Å². The number of rotatable bonds is 0. The third-order valence-electron chi connectivity index (χ3n) is 3.60. The van der Waals surface area contributed by atoms with Gasteiger partial charge in [-0.25, -0.2) is 0 Å². The standard InChI is InChI=1S/C10H18N2O/c1-7(13)12-5-8-3-2-4-10(11)9(8)6-12/h8-10H,2-6,11H2,1H3. The lowest BCUT2D eigenvalue weighted by Crippen LogP contribution is -2.38. The summed E-state index contributed by atoms with van der Waals surface area (Å²) in [4.78, 5) is 13.1. The van der Waals surface area contributed by atoms with Crippen molar-refractivity contribution in [3.05, 3.63) is 0 Å². The lowest BCUT2D eigenvalue weighted by atomic mass is 9.78. The molecule has 1 heterocycles. The highest BCUT2D eigenvalue weighted by molar-refractivity contribution is 5.73. The Morgan fingerprint density at radius 1 is 1.38 bits per heavy atom. The highest BCUT2D eigenvalue weighted by Crippen LogP contribution is 2.35. The van der Waals surface area contributed by atoms with Crippen LogP contribution < -0.4 is 5.73 Å². The van der Waals surface area contributed by atoms with E-state index in [-0.39, 0.29) is 5.91 Å². The molecule has 0 aromatic heterocycles. The van der Waals surface area contributed by atoms with Gasteiger partial charge >= 0.3 is 0 Å². The smallest absolute Gasteiger partial charge is 0.219 e. The minimum atomic E-state index is 0.210. The summed E-state index contributed by atoms with van der Waals surface area (Å²) < 4.78 is 0. The summed E-state index contributed by atoms with van der Waals surface area (Å²) in [5.41, 5.74) is 6.04. The molecule has 1 aliphatic carbocycles. The second-order valence-electron chi connectivity index (χ2n) is 4.44. The SMILES string of the molecule is CC(=O)N1CC2CCCC(N)C2C1. The molecule has 0 aromatic carbocycles. The Morgan fingerprint density at radius 3 is 2.77 bits per heavy atom. The lowest BCUT2D eigenvalue weighted by molar-refractivity contribution is -0.128. The fraction of sp³-hybridized carbons (Fsp3) is 0.900. The zero-order valence-corrected chi connectivity index (χ0v) is 8.20. The molecular formula is C10H18N2O. The summed E-state index contributed by atoms with van der Waals surface area (Å²) in [6.45, 7) is 3.51. The Kier molecular flexibility index (Phi) is 2.28. The number of amides is 1. The van der Waals surface area contributed by atoms with Crippen molar-refractivity contribution in [2.45, 2.75) is 32.2 Å². The maximum absolute atomic E-state index is 11.2. The second kappa shape index (κ2) is 3.29. The van der Waals surface area contributed by atoms with Gasteiger partial charge in [-0.2, -0.15) is 0 Å². The zero-order valence-electron chi connectivity index (χ0n) is 8.20. The van der Waals surface area contributed by atoms with E-state index in [4.69, 9.17) is 5.73 Å². The molecule has 1 saturated heterocycles. The topological polar surface area (TPSA) is 46.3 Å². The first-order valence-corrected chi connectivity index (χ1v) is 5.19. The van der Waals surface area contributed by atoms with Gasteiger partial charge in [-0.3, -0.25) is 4.79 Å². The van der Waals surface area contributed by atoms with E-state index in [0.29, 0.717) is 17.9 Å². The van der Waals surface area contributed by atoms with E-state index in [0.717, 1.165) is 19.5 Å². The highest BCUT2D eigenvalue weighted by atomic mass is 16.2. The summed E-state index contributed by atoms with van der Waals surface area (Å²) in [7, 11) is 0. The van der Waals surface area contributed by atoms with Gasteiger partial charge in [-0.1, -0.05) is 6.42 Å². The van der Waals surface area contributed by atoms with Crippen LogP contribution in [-0.2, 0) is 4.79 Å². The minimum absolute atomic E-state index is 0.210.